The summed E-state index contributed by atoms with van der Waals surface area (Å²) in [6.07, 6.45) is 0. The average Bonchev–Trinajstić information content (AvgIpc) is 3.69. The minimum Gasteiger partial charge on any atom is -0.488 e. The van der Waals surface area contributed by atoms with Gasteiger partial charge in [0.05, 0.1) is 12.7 Å². The van der Waals surface area contributed by atoms with Crippen LogP contribution in [0.15, 0.2) is 88.4 Å². The van der Waals surface area contributed by atoms with Crippen molar-refractivity contribution in [2.75, 3.05) is 18.2 Å². The van der Waals surface area contributed by atoms with Crippen molar-refractivity contribution in [1.82, 2.24) is 30.4 Å². The smallest absolute Gasteiger partial charge is 0.338 e. The number of benzene rings is 3. The molecule has 1 aliphatic rings. The third-order valence-corrected chi connectivity index (χ3v) is 9.10. The van der Waals surface area contributed by atoms with Crippen molar-refractivity contribution in [1.29, 1.82) is 0 Å². The van der Waals surface area contributed by atoms with Crippen molar-refractivity contribution >= 4 is 58.2 Å². The maximum atomic E-state index is 13.4. The number of nitrogens with zero attached hydrogens (tertiary/aromatic N) is 6. The first-order valence-corrected chi connectivity index (χ1v) is 15.1. The van der Waals surface area contributed by atoms with Crippen LogP contribution in [-0.2, 0) is 16.1 Å². The fourth-order valence-electron chi connectivity index (χ4n) is 4.42. The zero-order valence-corrected chi connectivity index (χ0v) is 25.0. The van der Waals surface area contributed by atoms with Gasteiger partial charge in [0, 0.05) is 38.2 Å². The Bertz CT molecular complexity index is 1780. The predicted molar refractivity (Wildman–Crippen MR) is 162 cm³/mol. The quantitative estimate of drug-likeness (QED) is 0.145. The van der Waals surface area contributed by atoms with Crippen molar-refractivity contribution in [3.63, 3.8) is 0 Å². The van der Waals surface area contributed by atoms with Crippen LogP contribution in [0.5, 0.6) is 5.75 Å². The van der Waals surface area contributed by atoms with E-state index in [4.69, 9.17) is 32.7 Å². The summed E-state index contributed by atoms with van der Waals surface area (Å²) in [6.45, 7) is 0.182. The summed E-state index contributed by atoms with van der Waals surface area (Å²) in [5, 5.41) is 25.9. The number of carbonyl (C=O) groups is 1. The number of ether oxygens (including phenoxy) is 2. The summed E-state index contributed by atoms with van der Waals surface area (Å²) in [6, 6.07) is 21.7. The first-order valence-electron chi connectivity index (χ1n) is 12.6. The van der Waals surface area contributed by atoms with Crippen LogP contribution in [0, 0.1) is 0 Å². The van der Waals surface area contributed by atoms with Gasteiger partial charge in [-0.15, -0.1) is 10.2 Å². The van der Waals surface area contributed by atoms with Gasteiger partial charge in [-0.2, -0.15) is 4.68 Å². The number of aromatic nitrogens is 6. The van der Waals surface area contributed by atoms with E-state index in [-0.39, 0.29) is 6.61 Å². The highest BCUT2D eigenvalue weighted by Crippen LogP contribution is 2.41. The molecule has 42 heavy (non-hydrogen) atoms. The van der Waals surface area contributed by atoms with Crippen LogP contribution in [0.1, 0.15) is 17.2 Å². The Morgan fingerprint density at radius 2 is 1.86 bits per heavy atom. The molecule has 0 fully saturated rings. The van der Waals surface area contributed by atoms with Gasteiger partial charge in [0.1, 0.15) is 23.4 Å². The number of methoxy groups -OCH3 is 1. The van der Waals surface area contributed by atoms with Gasteiger partial charge in [0.25, 0.3) is 0 Å². The topological polar surface area (TPSA) is 117 Å². The molecule has 1 aliphatic heterocycles. The van der Waals surface area contributed by atoms with Gasteiger partial charge in [-0.05, 0) is 28.6 Å². The minimum atomic E-state index is -0.731. The highest BCUT2D eigenvalue weighted by molar-refractivity contribution is 8.01. The summed E-state index contributed by atoms with van der Waals surface area (Å²) in [5.41, 5.74) is 3.35. The number of anilines is 1. The molecule has 5 aromatic rings. The first kappa shape index (κ1) is 28.2. The standard InChI is InChI=1S/C28H21Cl2N7O3S2/c1-39-26(38)23-21(15-41-28-34-32-25(42-28)16-7-3-2-4-8-16)31-27-33-35-36-37(27)24(23)19-9-5-6-10-22(19)40-14-17-11-12-18(29)13-20(17)30/h2-13,24H,14-15H2,1H3,(H,31,33,36). The molecule has 0 saturated carbocycles. The van der Waals surface area contributed by atoms with Crippen molar-refractivity contribution < 1.29 is 14.3 Å². The van der Waals surface area contributed by atoms with Gasteiger partial charge in [0.2, 0.25) is 5.95 Å². The van der Waals surface area contributed by atoms with Gasteiger partial charge in [-0.1, -0.05) is 106 Å². The number of rotatable bonds is 9. The third-order valence-electron chi connectivity index (χ3n) is 6.38. The molecule has 1 atom stereocenters. The lowest BCUT2D eigenvalue weighted by atomic mass is 9.95. The second kappa shape index (κ2) is 12.5. The molecule has 3 heterocycles. The molecular weight excluding hydrogens is 617 g/mol. The Labute approximate surface area is 258 Å². The fraction of sp³-hybridized carbons (Fsp3) is 0.143. The molecule has 1 unspecified atom stereocenters. The zero-order valence-electron chi connectivity index (χ0n) is 21.9. The third kappa shape index (κ3) is 5.84. The molecule has 2 aromatic heterocycles. The average molecular weight is 639 g/mol. The number of hydrogen-bond donors (Lipinski definition) is 1. The van der Waals surface area contributed by atoms with Gasteiger partial charge in [0.15, 0.2) is 4.34 Å². The summed E-state index contributed by atoms with van der Waals surface area (Å²) in [4.78, 5) is 13.4. The largest absolute Gasteiger partial charge is 0.488 e. The number of esters is 1. The molecule has 0 aliphatic carbocycles. The number of tetrazole rings is 1. The van der Waals surface area contributed by atoms with E-state index in [1.165, 1.54) is 34.9 Å². The molecule has 3 aromatic carbocycles. The highest BCUT2D eigenvalue weighted by atomic mass is 35.5. The molecule has 0 bridgehead atoms. The second-order valence-electron chi connectivity index (χ2n) is 8.95. The maximum absolute atomic E-state index is 13.4. The number of nitrogens with one attached hydrogen (secondary N) is 1. The van der Waals surface area contributed by atoms with Gasteiger partial charge < -0.3 is 14.8 Å². The fourth-order valence-corrected chi connectivity index (χ4v) is 6.71. The lowest BCUT2D eigenvalue weighted by Crippen LogP contribution is -2.31. The van der Waals surface area contributed by atoms with Crippen LogP contribution in [-0.4, -0.2) is 49.2 Å². The summed E-state index contributed by atoms with van der Waals surface area (Å²) in [7, 11) is 1.34. The van der Waals surface area contributed by atoms with E-state index in [9.17, 15) is 4.79 Å². The van der Waals surface area contributed by atoms with E-state index >= 15 is 0 Å². The lowest BCUT2D eigenvalue weighted by Gasteiger charge is -2.29. The summed E-state index contributed by atoms with van der Waals surface area (Å²) in [5.74, 6) is 0.741. The van der Waals surface area contributed by atoms with E-state index in [0.717, 1.165) is 20.5 Å². The molecule has 0 amide bonds. The Kier molecular flexibility index (Phi) is 8.38. The van der Waals surface area contributed by atoms with Crippen LogP contribution in [0.4, 0.5) is 5.95 Å². The van der Waals surface area contributed by atoms with Crippen molar-refractivity contribution in [3.05, 3.63) is 105 Å². The maximum Gasteiger partial charge on any atom is 0.338 e. The molecule has 0 spiro atoms. The Balaban J connectivity index is 1.33. The number of halogens is 2. The molecule has 10 nitrogen and oxygen atoms in total. The molecule has 0 radical (unpaired) electrons. The molecule has 212 valence electrons. The Morgan fingerprint density at radius 1 is 1.05 bits per heavy atom. The SMILES string of the molecule is COC(=O)C1=C(CSc2nnc(-c3ccccc3)s2)Nc2nnnn2C1c1ccccc1OCc1ccc(Cl)cc1Cl. The van der Waals surface area contributed by atoms with Crippen LogP contribution >= 0.6 is 46.3 Å². The first-order chi connectivity index (χ1) is 20.5. The second-order valence-corrected chi connectivity index (χ2v) is 12.0. The van der Waals surface area contributed by atoms with Crippen molar-refractivity contribution in [3.8, 4) is 16.3 Å². The summed E-state index contributed by atoms with van der Waals surface area (Å²) < 4.78 is 13.8. The number of thioether (sulfide) groups is 1. The normalized spacial score (nSPS) is 14.3. The van der Waals surface area contributed by atoms with Crippen molar-refractivity contribution in [2.24, 2.45) is 0 Å². The molecular formula is C28H21Cl2N7O3S2. The van der Waals surface area contributed by atoms with Gasteiger partial charge in [-0.3, -0.25) is 0 Å². The zero-order chi connectivity index (χ0) is 29.1. The van der Waals surface area contributed by atoms with E-state index in [2.05, 4.69) is 31.0 Å². The monoisotopic (exact) mass is 637 g/mol. The van der Waals surface area contributed by atoms with Crippen LogP contribution in [0.25, 0.3) is 10.6 Å². The van der Waals surface area contributed by atoms with E-state index in [0.29, 0.717) is 44.3 Å². The lowest BCUT2D eigenvalue weighted by molar-refractivity contribution is -0.136. The number of carbonyl (C=O) groups excluding carboxylic acids is 1. The highest BCUT2D eigenvalue weighted by Gasteiger charge is 2.37. The van der Waals surface area contributed by atoms with E-state index in [1.807, 2.05) is 60.7 Å². The molecule has 6 rings (SSSR count). The molecule has 14 heteroatoms. The minimum absolute atomic E-state index is 0.182. The van der Waals surface area contributed by atoms with Crippen molar-refractivity contribution in [2.45, 2.75) is 17.0 Å². The van der Waals surface area contributed by atoms with E-state index < -0.39 is 12.0 Å². The number of hydrogen-bond acceptors (Lipinski definition) is 11. The molecule has 0 saturated heterocycles. The molecule has 1 N–H and O–H groups in total. The van der Waals surface area contributed by atoms with Crippen LogP contribution in [0.2, 0.25) is 10.0 Å². The van der Waals surface area contributed by atoms with Crippen LogP contribution < -0.4 is 10.1 Å². The Morgan fingerprint density at radius 3 is 2.67 bits per heavy atom. The number of para-hydroxylation sites is 1. The van der Waals surface area contributed by atoms with Gasteiger partial charge >= 0.3 is 5.97 Å². The van der Waals surface area contributed by atoms with Crippen LogP contribution in [0.3, 0.4) is 0 Å². The number of fused-ring (bicyclic) bond motifs is 1. The Hall–Kier alpha value is -3.97. The predicted octanol–water partition coefficient (Wildman–Crippen LogP) is 6.31. The summed E-state index contributed by atoms with van der Waals surface area (Å²) >= 11 is 15.4. The van der Waals surface area contributed by atoms with E-state index in [1.54, 1.807) is 12.1 Å². The van der Waals surface area contributed by atoms with Gasteiger partial charge in [-0.25, -0.2) is 4.79 Å².